The number of anilines is 1. The van der Waals surface area contributed by atoms with Gasteiger partial charge in [0, 0.05) is 5.75 Å². The highest BCUT2D eigenvalue weighted by molar-refractivity contribution is 8.03. The first-order chi connectivity index (χ1) is 15.8. The molecule has 5 heteroatoms. The number of aryl methyl sites for hydroxylation is 2. The van der Waals surface area contributed by atoms with Crippen molar-refractivity contribution in [3.63, 3.8) is 0 Å². The minimum atomic E-state index is -0.292. The lowest BCUT2D eigenvalue weighted by atomic mass is 9.99. The van der Waals surface area contributed by atoms with E-state index in [1.54, 1.807) is 24.3 Å². The first kappa shape index (κ1) is 22.9. The van der Waals surface area contributed by atoms with E-state index in [4.69, 9.17) is 4.74 Å². The second-order valence-corrected chi connectivity index (χ2v) is 9.39. The number of imide groups is 1. The molecule has 0 bridgehead atoms. The highest BCUT2D eigenvalue weighted by Crippen LogP contribution is 2.40. The van der Waals surface area contributed by atoms with Crippen LogP contribution in [-0.2, 0) is 15.3 Å². The minimum absolute atomic E-state index is 0.0460. The fourth-order valence-electron chi connectivity index (χ4n) is 3.89. The van der Waals surface area contributed by atoms with E-state index in [0.717, 1.165) is 22.3 Å². The quantitative estimate of drug-likeness (QED) is 0.390. The molecular weight excluding hydrogens is 430 g/mol. The number of benzene rings is 3. The normalized spacial score (nSPS) is 13.9. The Morgan fingerprint density at radius 3 is 2.21 bits per heavy atom. The van der Waals surface area contributed by atoms with Crippen LogP contribution in [0.2, 0.25) is 0 Å². The van der Waals surface area contributed by atoms with Gasteiger partial charge in [0.1, 0.15) is 5.75 Å². The van der Waals surface area contributed by atoms with Gasteiger partial charge in [0.05, 0.1) is 22.3 Å². The van der Waals surface area contributed by atoms with Crippen molar-refractivity contribution in [3.05, 3.63) is 100.0 Å². The molecule has 0 aromatic heterocycles. The van der Waals surface area contributed by atoms with Crippen molar-refractivity contribution < 1.29 is 14.3 Å². The van der Waals surface area contributed by atoms with Crippen molar-refractivity contribution >= 4 is 34.8 Å². The molecule has 168 valence electrons. The lowest BCUT2D eigenvalue weighted by Crippen LogP contribution is -2.31. The molecule has 0 saturated carbocycles. The zero-order valence-corrected chi connectivity index (χ0v) is 20.1. The Bertz CT molecular complexity index is 1210. The van der Waals surface area contributed by atoms with Gasteiger partial charge < -0.3 is 4.74 Å². The number of ether oxygens (including phenoxy) is 1. The van der Waals surface area contributed by atoms with Crippen LogP contribution in [0.1, 0.15) is 36.1 Å². The lowest BCUT2D eigenvalue weighted by molar-refractivity contribution is -0.119. The third-order valence-corrected chi connectivity index (χ3v) is 6.53. The van der Waals surface area contributed by atoms with E-state index in [1.165, 1.54) is 16.7 Å². The third-order valence-electron chi connectivity index (χ3n) is 5.39. The number of amides is 2. The number of carbonyl (C=O) groups excluding carboxylic acids is 2. The maximum atomic E-state index is 13.6. The molecule has 4 rings (SSSR count). The molecule has 33 heavy (non-hydrogen) atoms. The van der Waals surface area contributed by atoms with Crippen LogP contribution in [0.15, 0.2) is 77.7 Å². The summed E-state index contributed by atoms with van der Waals surface area (Å²) < 4.78 is 5.71. The highest BCUT2D eigenvalue weighted by atomic mass is 32.2. The second kappa shape index (κ2) is 9.67. The number of rotatable bonds is 7. The summed E-state index contributed by atoms with van der Waals surface area (Å²) in [5.74, 6) is 0.737. The van der Waals surface area contributed by atoms with Crippen LogP contribution in [-0.4, -0.2) is 17.9 Å². The van der Waals surface area contributed by atoms with E-state index >= 15 is 0 Å². The number of hydrogen-bond acceptors (Lipinski definition) is 4. The Kier molecular flexibility index (Phi) is 6.70. The first-order valence-electron chi connectivity index (χ1n) is 11.0. The van der Waals surface area contributed by atoms with Crippen LogP contribution >= 0.6 is 11.8 Å². The minimum Gasteiger partial charge on any atom is -0.491 e. The van der Waals surface area contributed by atoms with Gasteiger partial charge in [0.25, 0.3) is 11.8 Å². The van der Waals surface area contributed by atoms with Crippen LogP contribution in [0.4, 0.5) is 5.69 Å². The molecule has 3 aromatic carbocycles. The summed E-state index contributed by atoms with van der Waals surface area (Å²) in [6.07, 6.45) is 0.0460. The molecule has 0 spiro atoms. The van der Waals surface area contributed by atoms with Crippen LogP contribution in [0, 0.1) is 13.8 Å². The Balaban J connectivity index is 1.72. The van der Waals surface area contributed by atoms with Crippen LogP contribution < -0.4 is 9.64 Å². The van der Waals surface area contributed by atoms with E-state index < -0.39 is 0 Å². The average Bonchev–Trinajstić information content (AvgIpc) is 3.03. The maximum Gasteiger partial charge on any atom is 0.272 e. The van der Waals surface area contributed by atoms with Crippen molar-refractivity contribution in [2.75, 3.05) is 4.90 Å². The summed E-state index contributed by atoms with van der Waals surface area (Å²) in [6.45, 7) is 7.91. The molecule has 0 N–H and O–H groups in total. The number of nitrogens with zero attached hydrogens (tertiary/aromatic N) is 1. The molecule has 0 fully saturated rings. The van der Waals surface area contributed by atoms with E-state index in [0.29, 0.717) is 27.7 Å². The largest absolute Gasteiger partial charge is 0.491 e. The van der Waals surface area contributed by atoms with E-state index in [9.17, 15) is 9.59 Å². The summed E-state index contributed by atoms with van der Waals surface area (Å²) in [4.78, 5) is 29.0. The van der Waals surface area contributed by atoms with Crippen molar-refractivity contribution in [2.24, 2.45) is 0 Å². The van der Waals surface area contributed by atoms with Crippen LogP contribution in [0.5, 0.6) is 5.75 Å². The predicted molar refractivity (Wildman–Crippen MR) is 135 cm³/mol. The topological polar surface area (TPSA) is 46.6 Å². The van der Waals surface area contributed by atoms with E-state index in [1.807, 2.05) is 76.2 Å². The van der Waals surface area contributed by atoms with Gasteiger partial charge in [0.2, 0.25) is 0 Å². The van der Waals surface area contributed by atoms with E-state index in [-0.39, 0.29) is 17.9 Å². The zero-order chi connectivity index (χ0) is 23.5. The molecule has 1 aliphatic rings. The Labute approximate surface area is 199 Å². The molecular formula is C28H27NO3S. The van der Waals surface area contributed by atoms with Crippen LogP contribution in [0.25, 0.3) is 5.57 Å². The molecule has 2 amide bonds. The van der Waals surface area contributed by atoms with Gasteiger partial charge in [-0.2, -0.15) is 0 Å². The Hall–Kier alpha value is -3.31. The van der Waals surface area contributed by atoms with Crippen molar-refractivity contribution in [2.45, 2.75) is 39.6 Å². The van der Waals surface area contributed by atoms with Gasteiger partial charge in [-0.1, -0.05) is 54.1 Å². The summed E-state index contributed by atoms with van der Waals surface area (Å²) in [5.41, 5.74) is 5.01. The Morgan fingerprint density at radius 2 is 1.58 bits per heavy atom. The van der Waals surface area contributed by atoms with Gasteiger partial charge in [-0.25, -0.2) is 4.90 Å². The smallest absolute Gasteiger partial charge is 0.272 e. The van der Waals surface area contributed by atoms with Gasteiger partial charge >= 0.3 is 0 Å². The van der Waals surface area contributed by atoms with Gasteiger partial charge in [-0.05, 0) is 68.7 Å². The molecule has 4 nitrogen and oxygen atoms in total. The molecule has 0 saturated heterocycles. The monoisotopic (exact) mass is 457 g/mol. The van der Waals surface area contributed by atoms with Crippen LogP contribution in [0.3, 0.4) is 0 Å². The predicted octanol–water partition coefficient (Wildman–Crippen LogP) is 6.31. The lowest BCUT2D eigenvalue weighted by Gasteiger charge is -2.17. The number of thioether (sulfide) groups is 1. The zero-order valence-electron chi connectivity index (χ0n) is 19.3. The highest BCUT2D eigenvalue weighted by Gasteiger charge is 2.40. The fourth-order valence-corrected chi connectivity index (χ4v) is 4.95. The van der Waals surface area contributed by atoms with Crippen molar-refractivity contribution in [3.8, 4) is 5.75 Å². The summed E-state index contributed by atoms with van der Waals surface area (Å²) in [6, 6.07) is 23.0. The molecule has 0 unspecified atom stereocenters. The van der Waals surface area contributed by atoms with Gasteiger partial charge in [-0.15, -0.1) is 11.8 Å². The molecule has 3 aromatic rings. The average molecular weight is 458 g/mol. The van der Waals surface area contributed by atoms with Crippen molar-refractivity contribution in [1.82, 2.24) is 0 Å². The second-order valence-electron chi connectivity index (χ2n) is 8.40. The maximum absolute atomic E-state index is 13.6. The fraction of sp³-hybridized carbons (Fsp3) is 0.214. The summed E-state index contributed by atoms with van der Waals surface area (Å²) >= 11 is 1.42. The summed E-state index contributed by atoms with van der Waals surface area (Å²) in [5, 5.41) is 0. The molecule has 1 aliphatic heterocycles. The van der Waals surface area contributed by atoms with Gasteiger partial charge in [0.15, 0.2) is 0 Å². The molecule has 0 atom stereocenters. The van der Waals surface area contributed by atoms with Crippen molar-refractivity contribution in [1.29, 1.82) is 0 Å². The van der Waals surface area contributed by atoms with E-state index in [2.05, 4.69) is 0 Å². The summed E-state index contributed by atoms with van der Waals surface area (Å²) in [7, 11) is 0. The SMILES string of the molecule is Cc1ccc(C2=C(SCc3ccccc3)C(=O)N(c3ccc(OC(C)C)cc3)C2=O)c(C)c1. The Morgan fingerprint density at radius 1 is 0.879 bits per heavy atom. The standard InChI is InChI=1S/C28H27NO3S/c1-18(2)32-23-13-11-22(12-14-23)29-27(30)25(24-15-10-19(3)16-20(24)4)26(28(29)31)33-17-21-8-6-5-7-9-21/h5-16,18H,17H2,1-4H3. The first-order valence-corrected chi connectivity index (χ1v) is 12.0. The molecule has 1 heterocycles. The molecule has 0 radical (unpaired) electrons. The number of carbonyl (C=O) groups is 2. The number of hydrogen-bond donors (Lipinski definition) is 0. The van der Waals surface area contributed by atoms with Gasteiger partial charge in [-0.3, -0.25) is 9.59 Å². The molecule has 0 aliphatic carbocycles. The third kappa shape index (κ3) is 4.88.